The molecule has 0 unspecified atom stereocenters. The molecule has 21 heavy (non-hydrogen) atoms. The highest BCUT2D eigenvalue weighted by atomic mass is 16.4. The first-order valence-electron chi connectivity index (χ1n) is 7.84. The second kappa shape index (κ2) is 6.64. The zero-order valence-corrected chi connectivity index (χ0v) is 13.1. The number of carboxylic acids is 1. The summed E-state index contributed by atoms with van der Waals surface area (Å²) in [5.74, 6) is -0.851. The zero-order chi connectivity index (χ0) is 15.5. The summed E-state index contributed by atoms with van der Waals surface area (Å²) in [5, 5.41) is 11.8. The van der Waals surface area contributed by atoms with Crippen LogP contribution in [0.25, 0.3) is 0 Å². The van der Waals surface area contributed by atoms with Gasteiger partial charge in [0, 0.05) is 19.1 Å². The second-order valence-electron chi connectivity index (χ2n) is 6.84. The maximum absolute atomic E-state index is 12.3. The number of piperidine rings is 1. The van der Waals surface area contributed by atoms with Crippen molar-refractivity contribution >= 4 is 12.0 Å². The van der Waals surface area contributed by atoms with Crippen LogP contribution < -0.4 is 5.32 Å². The fraction of sp³-hybridized carbons (Fsp3) is 0.867. The molecule has 2 aliphatic rings. The van der Waals surface area contributed by atoms with Crippen LogP contribution >= 0.6 is 0 Å². The summed E-state index contributed by atoms with van der Waals surface area (Å²) in [6, 6.07) is 0.147. The third kappa shape index (κ3) is 4.88. The van der Waals surface area contributed by atoms with Crippen LogP contribution in [0.15, 0.2) is 0 Å². The van der Waals surface area contributed by atoms with E-state index in [0.717, 1.165) is 38.8 Å². The first-order valence-corrected chi connectivity index (χ1v) is 7.84. The van der Waals surface area contributed by atoms with E-state index in [2.05, 4.69) is 24.2 Å². The summed E-state index contributed by atoms with van der Waals surface area (Å²) in [5.41, 5.74) is 0.157. The number of urea groups is 1. The largest absolute Gasteiger partial charge is 0.481 e. The highest BCUT2D eigenvalue weighted by molar-refractivity contribution is 5.76. The van der Waals surface area contributed by atoms with Crippen LogP contribution in [-0.2, 0) is 4.79 Å². The average molecular weight is 297 g/mol. The van der Waals surface area contributed by atoms with E-state index in [4.69, 9.17) is 5.11 Å². The van der Waals surface area contributed by atoms with Gasteiger partial charge in [-0.2, -0.15) is 0 Å². The van der Waals surface area contributed by atoms with Crippen LogP contribution in [0.3, 0.4) is 0 Å². The molecule has 0 spiro atoms. The van der Waals surface area contributed by atoms with Gasteiger partial charge in [-0.15, -0.1) is 0 Å². The van der Waals surface area contributed by atoms with E-state index in [1.54, 1.807) is 4.90 Å². The molecule has 1 aliphatic carbocycles. The minimum Gasteiger partial charge on any atom is -0.481 e. The maximum Gasteiger partial charge on any atom is 0.317 e. The molecule has 1 saturated heterocycles. The molecule has 2 amide bonds. The van der Waals surface area contributed by atoms with Crippen LogP contribution in [0.4, 0.5) is 4.79 Å². The molecule has 2 rings (SSSR count). The third-order valence-corrected chi connectivity index (χ3v) is 4.68. The normalized spacial score (nSPS) is 21.8. The fourth-order valence-corrected chi connectivity index (χ4v) is 2.78. The number of nitrogens with zero attached hydrogens (tertiary/aromatic N) is 2. The predicted octanol–water partition coefficient (Wildman–Crippen LogP) is 1.37. The average Bonchev–Trinajstić information content (AvgIpc) is 3.25. The van der Waals surface area contributed by atoms with Gasteiger partial charge in [-0.3, -0.25) is 4.79 Å². The fourth-order valence-electron chi connectivity index (χ4n) is 2.78. The van der Waals surface area contributed by atoms with Gasteiger partial charge in [-0.1, -0.05) is 6.92 Å². The van der Waals surface area contributed by atoms with Gasteiger partial charge in [0.2, 0.25) is 0 Å². The Kier molecular flexibility index (Phi) is 5.08. The van der Waals surface area contributed by atoms with E-state index in [-0.39, 0.29) is 23.9 Å². The Morgan fingerprint density at radius 1 is 1.33 bits per heavy atom. The number of nitrogens with one attached hydrogen (secondary N) is 1. The van der Waals surface area contributed by atoms with Crippen molar-refractivity contribution in [2.45, 2.75) is 45.1 Å². The molecule has 1 aliphatic heterocycles. The van der Waals surface area contributed by atoms with E-state index in [9.17, 15) is 9.59 Å². The highest BCUT2D eigenvalue weighted by Gasteiger charge is 2.34. The Balaban J connectivity index is 1.80. The quantitative estimate of drug-likeness (QED) is 0.776. The zero-order valence-electron chi connectivity index (χ0n) is 13.1. The summed E-state index contributed by atoms with van der Waals surface area (Å²) in [6.45, 7) is 5.34. The first kappa shape index (κ1) is 16.1. The number of carbonyl (C=O) groups excluding carboxylic acids is 1. The van der Waals surface area contributed by atoms with Crippen LogP contribution in [0, 0.1) is 5.41 Å². The molecular weight excluding hydrogens is 270 g/mol. The van der Waals surface area contributed by atoms with Crippen molar-refractivity contribution in [1.82, 2.24) is 15.1 Å². The van der Waals surface area contributed by atoms with Crippen molar-refractivity contribution < 1.29 is 14.7 Å². The van der Waals surface area contributed by atoms with Gasteiger partial charge in [0.1, 0.15) is 0 Å². The molecule has 0 aromatic heterocycles. The summed E-state index contributed by atoms with van der Waals surface area (Å²) >= 11 is 0. The number of rotatable bonds is 6. The third-order valence-electron chi connectivity index (χ3n) is 4.68. The lowest BCUT2D eigenvalue weighted by atomic mass is 9.80. The molecule has 2 N–H and O–H groups in total. The molecule has 6 nitrogen and oxygen atoms in total. The van der Waals surface area contributed by atoms with Crippen molar-refractivity contribution in [2.24, 2.45) is 5.41 Å². The molecule has 0 aromatic rings. The van der Waals surface area contributed by atoms with E-state index in [0.29, 0.717) is 13.1 Å². The Morgan fingerprint density at radius 2 is 1.95 bits per heavy atom. The smallest absolute Gasteiger partial charge is 0.317 e. The van der Waals surface area contributed by atoms with Gasteiger partial charge in [-0.25, -0.2) is 4.79 Å². The summed E-state index contributed by atoms with van der Waals surface area (Å²) in [7, 11) is 2.12. The van der Waals surface area contributed by atoms with Crippen molar-refractivity contribution in [3.63, 3.8) is 0 Å². The van der Waals surface area contributed by atoms with Gasteiger partial charge in [0.15, 0.2) is 0 Å². The molecule has 0 bridgehead atoms. The molecule has 1 heterocycles. The van der Waals surface area contributed by atoms with Crippen LogP contribution in [-0.4, -0.2) is 66.2 Å². The molecule has 1 saturated carbocycles. The second-order valence-corrected chi connectivity index (χ2v) is 6.84. The Morgan fingerprint density at radius 3 is 2.48 bits per heavy atom. The van der Waals surface area contributed by atoms with Crippen LogP contribution in [0.1, 0.15) is 39.0 Å². The van der Waals surface area contributed by atoms with Crippen LogP contribution in [0.5, 0.6) is 0 Å². The summed E-state index contributed by atoms with van der Waals surface area (Å²) in [6.07, 6.45) is 4.18. The Bertz CT molecular complexity index is 388. The van der Waals surface area contributed by atoms with Crippen molar-refractivity contribution in [3.05, 3.63) is 0 Å². The van der Waals surface area contributed by atoms with Gasteiger partial charge < -0.3 is 20.2 Å². The van der Waals surface area contributed by atoms with Crippen molar-refractivity contribution in [3.8, 4) is 0 Å². The lowest BCUT2D eigenvalue weighted by Crippen LogP contribution is -2.48. The number of aliphatic carboxylic acids is 1. The molecule has 0 radical (unpaired) electrons. The van der Waals surface area contributed by atoms with E-state index in [1.807, 2.05) is 0 Å². The minimum absolute atomic E-state index is 0.0198. The number of carboxylic acid groups (broad SMARTS) is 1. The SMILES string of the molecule is CN1CCC(C)(CNC(=O)N(CCC(=O)O)C2CC2)CC1. The Hall–Kier alpha value is -1.30. The standard InChI is InChI=1S/C15H27N3O3/c1-15(6-9-17(2)10-7-15)11-16-14(21)18(12-3-4-12)8-5-13(19)20/h12H,3-11H2,1-2H3,(H,16,21)(H,19,20). The van der Waals surface area contributed by atoms with Crippen molar-refractivity contribution in [1.29, 1.82) is 0 Å². The molecule has 0 aromatic carbocycles. The molecule has 6 heteroatoms. The van der Waals surface area contributed by atoms with Gasteiger partial charge in [0.25, 0.3) is 0 Å². The molecular formula is C15H27N3O3. The topological polar surface area (TPSA) is 72.9 Å². The predicted molar refractivity (Wildman–Crippen MR) is 80.2 cm³/mol. The van der Waals surface area contributed by atoms with Crippen molar-refractivity contribution in [2.75, 3.05) is 33.2 Å². The van der Waals surface area contributed by atoms with E-state index in [1.165, 1.54) is 0 Å². The first-order chi connectivity index (χ1) is 9.89. The molecule has 120 valence electrons. The summed E-state index contributed by atoms with van der Waals surface area (Å²) < 4.78 is 0. The molecule has 0 atom stereocenters. The Labute approximate surface area is 126 Å². The lowest BCUT2D eigenvalue weighted by Gasteiger charge is -2.38. The van der Waals surface area contributed by atoms with E-state index < -0.39 is 5.97 Å². The maximum atomic E-state index is 12.3. The molecule has 2 fully saturated rings. The van der Waals surface area contributed by atoms with Gasteiger partial charge in [0.05, 0.1) is 6.42 Å². The van der Waals surface area contributed by atoms with Gasteiger partial charge >= 0.3 is 12.0 Å². The lowest BCUT2D eigenvalue weighted by molar-refractivity contribution is -0.137. The number of likely N-dealkylation sites (tertiary alicyclic amines) is 1. The monoisotopic (exact) mass is 297 g/mol. The van der Waals surface area contributed by atoms with E-state index >= 15 is 0 Å². The van der Waals surface area contributed by atoms with Gasteiger partial charge in [-0.05, 0) is 51.2 Å². The summed E-state index contributed by atoms with van der Waals surface area (Å²) in [4.78, 5) is 27.0. The number of carbonyl (C=O) groups is 2. The number of hydrogen-bond acceptors (Lipinski definition) is 3. The van der Waals surface area contributed by atoms with Crippen LogP contribution in [0.2, 0.25) is 0 Å². The number of amides is 2. The highest BCUT2D eigenvalue weighted by Crippen LogP contribution is 2.30. The minimum atomic E-state index is -0.851. The number of hydrogen-bond donors (Lipinski definition) is 2.